The zero-order valence-corrected chi connectivity index (χ0v) is 32.8. The lowest BCUT2D eigenvalue weighted by Gasteiger charge is -2.48. The number of carbonyl (C=O) groups is 3. The number of allylic oxidation sites excluding steroid dienone is 3. The molecule has 3 aromatic rings. The van der Waals surface area contributed by atoms with E-state index in [9.17, 15) is 43.6 Å². The van der Waals surface area contributed by atoms with Crippen LogP contribution < -0.4 is 9.64 Å². The number of nitrogens with zero attached hydrogens (tertiary/aromatic N) is 1. The Morgan fingerprint density at radius 3 is 2.22 bits per heavy atom. The Morgan fingerprint density at radius 2 is 1.53 bits per heavy atom. The number of hydrogen-bond donors (Lipinski definition) is 4. The number of hydrogen-bond acceptors (Lipinski definition) is 9. The van der Waals surface area contributed by atoms with Crippen LogP contribution in [0.4, 0.5) is 14.5 Å². The van der Waals surface area contributed by atoms with Crippen molar-refractivity contribution in [1.29, 1.82) is 0 Å². The topological polar surface area (TPSA) is 154 Å². The molecule has 1 amide bonds. The van der Waals surface area contributed by atoms with Crippen molar-refractivity contribution in [3.05, 3.63) is 119 Å². The molecule has 0 saturated carbocycles. The van der Waals surface area contributed by atoms with Crippen LogP contribution in [0.15, 0.2) is 96.6 Å². The molecule has 0 aromatic heterocycles. The van der Waals surface area contributed by atoms with E-state index in [1.54, 1.807) is 29.2 Å². The van der Waals surface area contributed by atoms with Crippen LogP contribution in [0.1, 0.15) is 88.5 Å². The van der Waals surface area contributed by atoms with E-state index in [1.165, 1.54) is 48.5 Å². The van der Waals surface area contributed by atoms with Crippen LogP contribution in [0.3, 0.4) is 0 Å². The van der Waals surface area contributed by atoms with E-state index in [0.717, 1.165) is 11.1 Å². The van der Waals surface area contributed by atoms with Crippen molar-refractivity contribution in [2.75, 3.05) is 11.5 Å². The maximum Gasteiger partial charge on any atom is 0.314 e. The lowest BCUT2D eigenvalue weighted by atomic mass is 9.65. The summed E-state index contributed by atoms with van der Waals surface area (Å²) in [5.41, 5.74) is 2.92. The average molecular weight is 802 g/mol. The molecule has 10 nitrogen and oxygen atoms in total. The van der Waals surface area contributed by atoms with Crippen molar-refractivity contribution >= 4 is 23.5 Å². The molecule has 2 aliphatic carbocycles. The lowest BCUT2D eigenvalue weighted by molar-refractivity contribution is -0.148. The summed E-state index contributed by atoms with van der Waals surface area (Å²) in [7, 11) is 0. The SMILES string of the molecule is CC1C=C2C=CC(C)C(CCC(O)CC(O)CC(=O)OCCC(=O)Oc3ccc(C4C(CCC(O)c5ccc(F)cc5)C(=O)N4c4ccc(F)cc4)cc3)C2C(O)C1. The van der Waals surface area contributed by atoms with Gasteiger partial charge in [-0.1, -0.05) is 56.3 Å². The molecule has 0 bridgehead atoms. The van der Waals surface area contributed by atoms with Gasteiger partial charge in [-0.05, 0) is 122 Å². The molecule has 4 N–H and O–H groups in total. The number of amides is 1. The first-order chi connectivity index (χ1) is 27.8. The number of carbonyl (C=O) groups excluding carboxylic acids is 3. The number of halogens is 2. The van der Waals surface area contributed by atoms with E-state index in [0.29, 0.717) is 42.9 Å². The Hall–Kier alpha value is -4.75. The highest BCUT2D eigenvalue weighted by Crippen LogP contribution is 2.47. The van der Waals surface area contributed by atoms with Crippen LogP contribution in [-0.2, 0) is 19.1 Å². The first kappa shape index (κ1) is 42.8. The highest BCUT2D eigenvalue weighted by atomic mass is 19.1. The molecule has 3 aliphatic rings. The van der Waals surface area contributed by atoms with Gasteiger partial charge in [0.05, 0.1) is 49.2 Å². The van der Waals surface area contributed by atoms with Gasteiger partial charge in [0.2, 0.25) is 5.91 Å². The van der Waals surface area contributed by atoms with Gasteiger partial charge in [-0.15, -0.1) is 0 Å². The number of benzene rings is 3. The van der Waals surface area contributed by atoms with E-state index in [-0.39, 0.29) is 61.7 Å². The minimum atomic E-state index is -1.13. The van der Waals surface area contributed by atoms with Crippen LogP contribution in [0.25, 0.3) is 0 Å². The quantitative estimate of drug-likeness (QED) is 0.0638. The van der Waals surface area contributed by atoms with Crippen molar-refractivity contribution in [3.63, 3.8) is 0 Å². The maximum atomic E-state index is 13.7. The number of aliphatic hydroxyl groups excluding tert-OH is 4. The van der Waals surface area contributed by atoms with Crippen molar-refractivity contribution in [2.24, 2.45) is 29.6 Å². The lowest BCUT2D eigenvalue weighted by Crippen LogP contribution is -2.55. The van der Waals surface area contributed by atoms with Gasteiger partial charge in [-0.25, -0.2) is 8.78 Å². The predicted octanol–water partition coefficient (Wildman–Crippen LogP) is 7.07. The summed E-state index contributed by atoms with van der Waals surface area (Å²) < 4.78 is 37.7. The average Bonchev–Trinajstić information content (AvgIpc) is 3.18. The van der Waals surface area contributed by atoms with E-state index < -0.39 is 59.9 Å². The Kier molecular flexibility index (Phi) is 14.3. The molecule has 1 saturated heterocycles. The van der Waals surface area contributed by atoms with Crippen LogP contribution in [0.2, 0.25) is 0 Å². The summed E-state index contributed by atoms with van der Waals surface area (Å²) >= 11 is 0. The van der Waals surface area contributed by atoms with E-state index in [2.05, 4.69) is 32.1 Å². The van der Waals surface area contributed by atoms with Gasteiger partial charge in [0.15, 0.2) is 0 Å². The number of anilines is 1. The molecule has 1 fully saturated rings. The number of ether oxygens (including phenoxy) is 2. The number of aliphatic hydroxyl groups is 4. The minimum absolute atomic E-state index is 0.00754. The summed E-state index contributed by atoms with van der Waals surface area (Å²) in [5, 5.41) is 42.7. The second-order valence-corrected chi connectivity index (χ2v) is 16.1. The second-order valence-electron chi connectivity index (χ2n) is 16.1. The number of β-lactam (4-membered cyclic amide) rings is 1. The van der Waals surface area contributed by atoms with Crippen LogP contribution in [0, 0.1) is 41.2 Å². The van der Waals surface area contributed by atoms with Crippen molar-refractivity contribution in [3.8, 4) is 5.75 Å². The van der Waals surface area contributed by atoms with Gasteiger partial charge in [-0.2, -0.15) is 0 Å². The fourth-order valence-corrected chi connectivity index (χ4v) is 8.74. The summed E-state index contributed by atoms with van der Waals surface area (Å²) in [4.78, 5) is 40.0. The smallest absolute Gasteiger partial charge is 0.314 e. The summed E-state index contributed by atoms with van der Waals surface area (Å²) in [5.74, 6) is -1.95. The highest BCUT2D eigenvalue weighted by molar-refractivity contribution is 6.03. The minimum Gasteiger partial charge on any atom is -0.465 e. The molecule has 1 aliphatic heterocycles. The molecule has 3 aromatic carbocycles. The molecule has 0 spiro atoms. The third kappa shape index (κ3) is 10.6. The first-order valence-corrected chi connectivity index (χ1v) is 20.2. The number of rotatable bonds is 17. The van der Waals surface area contributed by atoms with Gasteiger partial charge < -0.3 is 34.8 Å². The van der Waals surface area contributed by atoms with Gasteiger partial charge in [-0.3, -0.25) is 14.4 Å². The third-order valence-corrected chi connectivity index (χ3v) is 11.7. The molecule has 10 atom stereocenters. The maximum absolute atomic E-state index is 13.7. The van der Waals surface area contributed by atoms with Gasteiger partial charge in [0, 0.05) is 11.6 Å². The highest BCUT2D eigenvalue weighted by Gasteiger charge is 2.48. The van der Waals surface area contributed by atoms with Gasteiger partial charge in [0.25, 0.3) is 0 Å². The van der Waals surface area contributed by atoms with E-state index >= 15 is 0 Å². The molecule has 310 valence electrons. The van der Waals surface area contributed by atoms with Crippen LogP contribution in [-0.4, -0.2) is 63.2 Å². The molecular weight excluding hydrogens is 748 g/mol. The van der Waals surface area contributed by atoms with Crippen molar-refractivity contribution in [1.82, 2.24) is 0 Å². The van der Waals surface area contributed by atoms with Crippen molar-refractivity contribution in [2.45, 2.75) is 95.7 Å². The number of esters is 2. The molecule has 10 unspecified atom stereocenters. The Morgan fingerprint density at radius 1 is 0.862 bits per heavy atom. The fraction of sp³-hybridized carbons (Fsp3) is 0.457. The third-order valence-electron chi connectivity index (χ3n) is 11.7. The van der Waals surface area contributed by atoms with E-state index in [4.69, 9.17) is 9.47 Å². The zero-order chi connectivity index (χ0) is 41.5. The second kappa shape index (κ2) is 19.3. The van der Waals surface area contributed by atoms with E-state index in [1.807, 2.05) is 0 Å². The fourth-order valence-electron chi connectivity index (χ4n) is 8.74. The standard InChI is InChI=1S/C46H53F2NO9/c1-27-23-31-4-3-28(2)38(44(31)41(53)24-27)18-15-35(50)25-36(51)26-43(55)57-22-21-42(54)58-37-16-7-30(8-17-37)45-39(19-20-40(52)29-5-9-32(47)10-6-29)46(56)49(45)34-13-11-33(48)12-14-34/h3-14,16-17,23,27-28,35-36,38-41,44-45,50-53H,15,18-22,24-26H2,1-2H3. The van der Waals surface area contributed by atoms with Crippen molar-refractivity contribution < 1.29 is 53.1 Å². The van der Waals surface area contributed by atoms with Crippen LogP contribution in [0.5, 0.6) is 5.75 Å². The largest absolute Gasteiger partial charge is 0.465 e. The summed E-state index contributed by atoms with van der Waals surface area (Å²) in [6.45, 7) is 3.94. The Bertz CT molecular complexity index is 1930. The number of fused-ring (bicyclic) bond motifs is 1. The normalized spacial score (nSPS) is 25.5. The molecule has 12 heteroatoms. The monoisotopic (exact) mass is 801 g/mol. The van der Waals surface area contributed by atoms with Gasteiger partial charge in [0.1, 0.15) is 24.0 Å². The molecule has 58 heavy (non-hydrogen) atoms. The van der Waals surface area contributed by atoms with Crippen LogP contribution >= 0.6 is 0 Å². The molecular formula is C46H53F2NO9. The van der Waals surface area contributed by atoms with Gasteiger partial charge >= 0.3 is 11.9 Å². The molecule has 0 radical (unpaired) electrons. The Labute approximate surface area is 337 Å². The Balaban J connectivity index is 0.946. The predicted molar refractivity (Wildman–Crippen MR) is 212 cm³/mol. The molecule has 6 rings (SSSR count). The first-order valence-electron chi connectivity index (χ1n) is 20.2. The zero-order valence-electron chi connectivity index (χ0n) is 32.8. The summed E-state index contributed by atoms with van der Waals surface area (Å²) in [6.07, 6.45) is 4.96. The molecule has 1 heterocycles. The summed E-state index contributed by atoms with van der Waals surface area (Å²) in [6, 6.07) is 17.3.